The summed E-state index contributed by atoms with van der Waals surface area (Å²) in [6.45, 7) is 5.06. The molecule has 9 nitrogen and oxygen atoms in total. The number of piperidine rings is 2. The quantitative estimate of drug-likeness (QED) is 0.581. The third-order valence-corrected chi connectivity index (χ3v) is 8.48. The van der Waals surface area contributed by atoms with E-state index in [4.69, 9.17) is 8.92 Å². The smallest absolute Gasteiger partial charge is 0.328 e. The molecule has 0 unspecified atom stereocenters. The molecule has 0 atom stereocenters. The van der Waals surface area contributed by atoms with Crippen LogP contribution in [-0.4, -0.2) is 85.4 Å². The number of carbonyl (C=O) groups excluding carboxylic acids is 3. The van der Waals surface area contributed by atoms with E-state index in [0.29, 0.717) is 19.0 Å². The molecule has 4 heterocycles. The van der Waals surface area contributed by atoms with E-state index in [2.05, 4.69) is 10.2 Å². The summed E-state index contributed by atoms with van der Waals surface area (Å²) in [4.78, 5) is 42.6. The van der Waals surface area contributed by atoms with Crippen LogP contribution in [0.1, 0.15) is 56.4 Å². The molecule has 36 heavy (non-hydrogen) atoms. The van der Waals surface area contributed by atoms with Gasteiger partial charge in [-0.05, 0) is 69.2 Å². The topological polar surface area (TPSA) is 91.4 Å². The summed E-state index contributed by atoms with van der Waals surface area (Å²) in [7, 11) is 0. The standard InChI is InChI=1S/C26H36N4O5S/c1-36-35-22-17-20(30-13-7-23(31)27-25(30)33)3-4-21(22)19-5-11-28(12-6-19)18-24(32)29-14-9-26(10-15-29)8-2-16-34-26/h3-4,17,19H,2,5-16,18H2,1H3,(H,27,31,33). The summed E-state index contributed by atoms with van der Waals surface area (Å²) in [5, 5.41) is 2.37. The van der Waals surface area contributed by atoms with E-state index in [-0.39, 0.29) is 23.8 Å². The summed E-state index contributed by atoms with van der Waals surface area (Å²) in [6.07, 6.45) is 8.27. The van der Waals surface area contributed by atoms with Crippen molar-refractivity contribution in [3.8, 4) is 5.75 Å². The molecule has 0 aliphatic carbocycles. The van der Waals surface area contributed by atoms with E-state index in [9.17, 15) is 14.4 Å². The molecule has 0 radical (unpaired) electrons. The Kier molecular flexibility index (Phi) is 7.73. The number of benzene rings is 1. The molecule has 4 aliphatic heterocycles. The lowest BCUT2D eigenvalue weighted by molar-refractivity contribution is -0.137. The minimum Gasteiger partial charge on any atom is -0.426 e. The molecule has 4 aliphatic rings. The van der Waals surface area contributed by atoms with E-state index in [1.807, 2.05) is 29.4 Å². The van der Waals surface area contributed by atoms with Gasteiger partial charge < -0.3 is 13.8 Å². The second kappa shape index (κ2) is 11.0. The zero-order chi connectivity index (χ0) is 25.1. The molecule has 1 N–H and O–H groups in total. The van der Waals surface area contributed by atoms with Crippen molar-refractivity contribution < 1.29 is 23.3 Å². The van der Waals surface area contributed by atoms with Crippen molar-refractivity contribution in [1.29, 1.82) is 0 Å². The highest BCUT2D eigenvalue weighted by Crippen LogP contribution is 2.39. The first-order valence-corrected chi connectivity index (χ1v) is 14.2. The molecule has 1 aromatic carbocycles. The number of carbonyl (C=O) groups is 3. The number of nitrogens with zero attached hydrogens (tertiary/aromatic N) is 3. The van der Waals surface area contributed by atoms with Gasteiger partial charge in [0.25, 0.3) is 0 Å². The van der Waals surface area contributed by atoms with E-state index >= 15 is 0 Å². The number of amides is 4. The van der Waals surface area contributed by atoms with Crippen molar-refractivity contribution in [1.82, 2.24) is 15.1 Å². The van der Waals surface area contributed by atoms with E-state index in [0.717, 1.165) is 88.3 Å². The summed E-state index contributed by atoms with van der Waals surface area (Å²) >= 11 is 1.28. The van der Waals surface area contributed by atoms with Crippen LogP contribution in [0.4, 0.5) is 10.5 Å². The number of hydrogen-bond donors (Lipinski definition) is 1. The van der Waals surface area contributed by atoms with Gasteiger partial charge in [0.1, 0.15) is 5.75 Å². The fourth-order valence-electron chi connectivity index (χ4n) is 6.01. The molecule has 0 aromatic heterocycles. The number of nitrogens with one attached hydrogen (secondary N) is 1. The fourth-order valence-corrected chi connectivity index (χ4v) is 6.33. The zero-order valence-corrected chi connectivity index (χ0v) is 21.8. The Balaban J connectivity index is 1.16. The van der Waals surface area contributed by atoms with Gasteiger partial charge in [-0.1, -0.05) is 6.07 Å². The monoisotopic (exact) mass is 516 g/mol. The highest BCUT2D eigenvalue weighted by molar-refractivity contribution is 7.94. The molecular weight excluding hydrogens is 480 g/mol. The maximum Gasteiger partial charge on any atom is 0.328 e. The maximum atomic E-state index is 13.0. The first-order valence-electron chi connectivity index (χ1n) is 13.1. The van der Waals surface area contributed by atoms with Gasteiger partial charge in [-0.2, -0.15) is 0 Å². The second-order valence-corrected chi connectivity index (χ2v) is 10.8. The van der Waals surface area contributed by atoms with Crippen molar-refractivity contribution in [2.45, 2.75) is 56.5 Å². The summed E-state index contributed by atoms with van der Waals surface area (Å²) in [5.74, 6) is 1.08. The minimum absolute atomic E-state index is 0.0381. The third kappa shape index (κ3) is 5.50. The first kappa shape index (κ1) is 25.4. The van der Waals surface area contributed by atoms with Gasteiger partial charge in [0.15, 0.2) is 0 Å². The van der Waals surface area contributed by atoms with Crippen LogP contribution >= 0.6 is 12.0 Å². The normalized spacial score (nSPS) is 23.2. The molecule has 0 saturated carbocycles. The highest BCUT2D eigenvalue weighted by Gasteiger charge is 2.39. The predicted octanol–water partition coefficient (Wildman–Crippen LogP) is 3.14. The van der Waals surface area contributed by atoms with Gasteiger partial charge in [0, 0.05) is 50.7 Å². The average Bonchev–Trinajstić information content (AvgIpc) is 3.33. The fraction of sp³-hybridized carbons (Fsp3) is 0.654. The number of urea groups is 1. The lowest BCUT2D eigenvalue weighted by Crippen LogP contribution is -2.50. The summed E-state index contributed by atoms with van der Waals surface area (Å²) in [6, 6.07) is 5.48. The zero-order valence-electron chi connectivity index (χ0n) is 21.0. The Morgan fingerprint density at radius 3 is 2.58 bits per heavy atom. The molecule has 5 rings (SSSR count). The van der Waals surface area contributed by atoms with Crippen LogP contribution in [0.15, 0.2) is 18.2 Å². The number of rotatable bonds is 6. The van der Waals surface area contributed by atoms with Crippen molar-refractivity contribution in [2.24, 2.45) is 0 Å². The van der Waals surface area contributed by atoms with Gasteiger partial charge in [0.05, 0.1) is 24.2 Å². The van der Waals surface area contributed by atoms with Gasteiger partial charge >= 0.3 is 6.03 Å². The lowest BCUT2D eigenvalue weighted by Gasteiger charge is -2.40. The Labute approximate surface area is 217 Å². The molecule has 1 spiro atoms. The molecular formula is C26H36N4O5S. The van der Waals surface area contributed by atoms with E-state index < -0.39 is 6.03 Å². The SMILES string of the molecule is CSOc1cc(N2CCC(=O)NC2=O)ccc1C1CCN(CC(=O)N2CCC3(CCCO3)CC2)CC1. The average molecular weight is 517 g/mol. The van der Waals surface area contributed by atoms with Crippen molar-refractivity contribution >= 4 is 35.6 Å². The molecule has 4 fully saturated rings. The molecule has 1 aromatic rings. The van der Waals surface area contributed by atoms with Crippen LogP contribution in [0.5, 0.6) is 5.75 Å². The summed E-state index contributed by atoms with van der Waals surface area (Å²) < 4.78 is 11.9. The maximum absolute atomic E-state index is 13.0. The Morgan fingerprint density at radius 1 is 1.14 bits per heavy atom. The number of imide groups is 1. The Bertz CT molecular complexity index is 981. The van der Waals surface area contributed by atoms with Crippen LogP contribution in [0.25, 0.3) is 0 Å². The predicted molar refractivity (Wildman–Crippen MR) is 138 cm³/mol. The number of hydrogen-bond acceptors (Lipinski definition) is 7. The van der Waals surface area contributed by atoms with Crippen LogP contribution in [0, 0.1) is 0 Å². The first-order chi connectivity index (χ1) is 17.5. The lowest BCUT2D eigenvalue weighted by atomic mass is 9.88. The highest BCUT2D eigenvalue weighted by atomic mass is 32.2. The van der Waals surface area contributed by atoms with Gasteiger partial charge in [-0.15, -0.1) is 0 Å². The molecule has 4 amide bonds. The Hall–Kier alpha value is -2.30. The second-order valence-electron chi connectivity index (χ2n) is 10.3. The number of ether oxygens (including phenoxy) is 1. The van der Waals surface area contributed by atoms with Crippen molar-refractivity contribution in [2.75, 3.05) is 57.0 Å². The minimum atomic E-state index is -0.397. The molecule has 0 bridgehead atoms. The Morgan fingerprint density at radius 2 is 1.92 bits per heavy atom. The van der Waals surface area contributed by atoms with Crippen molar-refractivity contribution in [3.05, 3.63) is 23.8 Å². The van der Waals surface area contributed by atoms with Crippen molar-refractivity contribution in [3.63, 3.8) is 0 Å². The van der Waals surface area contributed by atoms with Gasteiger partial charge in [-0.3, -0.25) is 24.7 Å². The number of anilines is 1. The number of likely N-dealkylation sites (tertiary alicyclic amines) is 2. The van der Waals surface area contributed by atoms with Crippen LogP contribution in [-0.2, 0) is 14.3 Å². The van der Waals surface area contributed by atoms with E-state index in [1.54, 1.807) is 4.90 Å². The largest absolute Gasteiger partial charge is 0.426 e. The molecule has 196 valence electrons. The van der Waals surface area contributed by atoms with Gasteiger partial charge in [0.2, 0.25) is 11.8 Å². The van der Waals surface area contributed by atoms with Crippen LogP contribution in [0.2, 0.25) is 0 Å². The van der Waals surface area contributed by atoms with E-state index in [1.165, 1.54) is 12.0 Å². The van der Waals surface area contributed by atoms with Crippen LogP contribution in [0.3, 0.4) is 0 Å². The molecule has 10 heteroatoms. The van der Waals surface area contributed by atoms with Gasteiger partial charge in [-0.25, -0.2) is 4.79 Å². The third-order valence-electron chi connectivity index (χ3n) is 8.13. The summed E-state index contributed by atoms with van der Waals surface area (Å²) in [5.41, 5.74) is 1.89. The van der Waals surface area contributed by atoms with Crippen LogP contribution < -0.4 is 14.4 Å². The molecule has 4 saturated heterocycles.